The number of hydrogen-bond donors (Lipinski definition) is 3. The van der Waals surface area contributed by atoms with Crippen LogP contribution < -0.4 is 14.2 Å². The number of aliphatic hydroxyl groups excluding tert-OH is 3. The van der Waals surface area contributed by atoms with E-state index < -0.39 is 47.0 Å². The van der Waals surface area contributed by atoms with Gasteiger partial charge in [0.1, 0.15) is 75.2 Å². The summed E-state index contributed by atoms with van der Waals surface area (Å²) in [4.78, 5) is 35.2. The molecule has 0 heterocycles. The Morgan fingerprint density at radius 2 is 0.969 bits per heavy atom. The second-order valence-electron chi connectivity index (χ2n) is 16.5. The van der Waals surface area contributed by atoms with E-state index in [0.717, 1.165) is 70.0 Å². The predicted molar refractivity (Wildman–Crippen MR) is 248 cm³/mol. The fourth-order valence-corrected chi connectivity index (χ4v) is 8.12. The Bertz CT molecular complexity index is 2030. The summed E-state index contributed by atoms with van der Waals surface area (Å²) in [6, 6.07) is 16.2. The van der Waals surface area contributed by atoms with Gasteiger partial charge in [-0.2, -0.15) is 0 Å². The third-order valence-corrected chi connectivity index (χ3v) is 11.7. The minimum atomic E-state index is -1.14. The fraction of sp³-hybridized carbons (Fsp3) is 0.481. The molecule has 0 aliphatic heterocycles. The lowest BCUT2D eigenvalue weighted by molar-refractivity contribution is -0.142. The molecule has 0 aliphatic rings. The molecule has 0 spiro atoms. The summed E-state index contributed by atoms with van der Waals surface area (Å²) in [5, 5.41) is 32.4. The third-order valence-electron chi connectivity index (χ3n) is 11.7. The molecule has 0 saturated carbocycles. The van der Waals surface area contributed by atoms with Gasteiger partial charge in [0.25, 0.3) is 0 Å². The second kappa shape index (κ2) is 25.8. The van der Waals surface area contributed by atoms with Gasteiger partial charge < -0.3 is 43.7 Å². The molecule has 0 saturated heterocycles. The fourth-order valence-electron chi connectivity index (χ4n) is 8.12. The van der Waals surface area contributed by atoms with Gasteiger partial charge in [0, 0.05) is 40.2 Å². The Kier molecular flexibility index (Phi) is 21.3. The molecular weight excluding hydrogens is 817 g/mol. The van der Waals surface area contributed by atoms with Crippen LogP contribution in [0.25, 0.3) is 0 Å². The van der Waals surface area contributed by atoms with Crippen LogP contribution in [-0.4, -0.2) is 91.2 Å². The van der Waals surface area contributed by atoms with E-state index in [1.54, 1.807) is 0 Å². The monoisotopic (exact) mass is 886 g/mol. The summed E-state index contributed by atoms with van der Waals surface area (Å²) >= 11 is 0. The van der Waals surface area contributed by atoms with Crippen molar-refractivity contribution in [1.82, 2.24) is 0 Å². The first kappa shape index (κ1) is 52.9. The summed E-state index contributed by atoms with van der Waals surface area (Å²) in [7, 11) is 0. The van der Waals surface area contributed by atoms with E-state index in [4.69, 9.17) is 28.4 Å². The number of carbonyl (C=O) groups excluding carboxylic acids is 3. The van der Waals surface area contributed by atoms with E-state index in [1.807, 2.05) is 38.1 Å². The van der Waals surface area contributed by atoms with Crippen molar-refractivity contribution in [2.24, 2.45) is 0 Å². The number of aliphatic hydroxyl groups is 3. The summed E-state index contributed by atoms with van der Waals surface area (Å²) in [5.74, 6) is -0.0937. The van der Waals surface area contributed by atoms with E-state index in [1.165, 1.54) is 0 Å². The number of esters is 3. The van der Waals surface area contributed by atoms with Crippen LogP contribution in [-0.2, 0) is 52.3 Å². The lowest BCUT2D eigenvalue weighted by atomic mass is 9.67. The van der Waals surface area contributed by atoms with Crippen LogP contribution in [0.3, 0.4) is 0 Å². The number of ether oxygens (including phenoxy) is 6. The van der Waals surface area contributed by atoms with Gasteiger partial charge >= 0.3 is 17.9 Å². The second-order valence-corrected chi connectivity index (χ2v) is 16.5. The van der Waals surface area contributed by atoms with Crippen molar-refractivity contribution in [3.63, 3.8) is 0 Å². The molecule has 0 aliphatic carbocycles. The summed E-state index contributed by atoms with van der Waals surface area (Å²) in [6.45, 7) is 23.8. The molecule has 3 aromatic rings. The Morgan fingerprint density at radius 3 is 1.45 bits per heavy atom. The highest BCUT2D eigenvalue weighted by Gasteiger charge is 2.38. The molecule has 0 fully saturated rings. The van der Waals surface area contributed by atoms with Crippen LogP contribution >= 0.6 is 0 Å². The lowest BCUT2D eigenvalue weighted by Crippen LogP contribution is -2.33. The van der Waals surface area contributed by atoms with Crippen molar-refractivity contribution in [2.45, 2.75) is 123 Å². The normalized spacial score (nSPS) is 13.7. The SMILES string of the molecule is C=CC(=O)OCC(O)COc1ccc(C)cc1CC(CC)(CCC)c1cc(C)cc(CC(CC)(CC)c2cc(C)ccc2OCC(O)COC(=O)C=C)c1OCC(O)COC(=O)C=C. The van der Waals surface area contributed by atoms with Gasteiger partial charge in [0.2, 0.25) is 0 Å². The van der Waals surface area contributed by atoms with E-state index in [2.05, 4.69) is 78.6 Å². The average molecular weight is 887 g/mol. The van der Waals surface area contributed by atoms with Crippen molar-refractivity contribution in [3.8, 4) is 17.2 Å². The molecule has 0 aromatic heterocycles. The van der Waals surface area contributed by atoms with Gasteiger partial charge in [-0.1, -0.05) is 107 Å². The van der Waals surface area contributed by atoms with Crippen molar-refractivity contribution < 1.29 is 58.1 Å². The molecule has 4 atom stereocenters. The molecule has 3 N–H and O–H groups in total. The minimum absolute atomic E-state index is 0.104. The number of rotatable bonds is 29. The minimum Gasteiger partial charge on any atom is -0.490 e. The average Bonchev–Trinajstić information content (AvgIpc) is 3.29. The van der Waals surface area contributed by atoms with Crippen LogP contribution in [0.4, 0.5) is 0 Å². The molecular formula is C52H70O12. The molecule has 0 radical (unpaired) electrons. The lowest BCUT2D eigenvalue weighted by Gasteiger charge is -2.39. The third kappa shape index (κ3) is 15.1. The smallest absolute Gasteiger partial charge is 0.330 e. The first-order valence-electron chi connectivity index (χ1n) is 22.2. The number of carbonyl (C=O) groups is 3. The Morgan fingerprint density at radius 1 is 0.547 bits per heavy atom. The summed E-state index contributed by atoms with van der Waals surface area (Å²) in [5.41, 5.74) is 5.83. The van der Waals surface area contributed by atoms with Crippen LogP contribution in [0.1, 0.15) is 98.7 Å². The van der Waals surface area contributed by atoms with Gasteiger partial charge in [-0.25, -0.2) is 14.4 Å². The maximum Gasteiger partial charge on any atom is 0.330 e. The van der Waals surface area contributed by atoms with Crippen LogP contribution in [0.5, 0.6) is 17.2 Å². The molecule has 12 nitrogen and oxygen atoms in total. The highest BCUT2D eigenvalue weighted by Crippen LogP contribution is 2.48. The number of aryl methyl sites for hydroxylation is 3. The van der Waals surface area contributed by atoms with Crippen molar-refractivity contribution in [2.75, 3.05) is 39.6 Å². The topological polar surface area (TPSA) is 167 Å². The number of hydrogen-bond acceptors (Lipinski definition) is 12. The summed E-state index contributed by atoms with van der Waals surface area (Å²) in [6.07, 6.45) is 4.64. The Hall–Kier alpha value is -5.43. The van der Waals surface area contributed by atoms with Gasteiger partial charge in [0.05, 0.1) is 0 Å². The molecule has 12 heteroatoms. The quantitative estimate of drug-likeness (QED) is 0.0350. The zero-order chi connectivity index (χ0) is 47.5. The van der Waals surface area contributed by atoms with E-state index >= 15 is 0 Å². The standard InChI is InChI=1S/C52H70O12/c1-11-22-52(17-7,27-38-23-35(8)18-20-45(38)59-29-40(53)31-61-47(56)12-2)44-26-37(10)24-39(50(44)64-34-42(55)33-63-49(58)14-4)28-51(15-5,16-6)43-25-36(9)19-21-46(43)60-30-41(54)32-62-48(57)13-3/h12-14,18-21,23-26,40-42,53-55H,2-4,11,15-17,22,27-34H2,1,5-10H3. The molecule has 0 amide bonds. The van der Waals surface area contributed by atoms with Gasteiger partial charge in [-0.3, -0.25) is 0 Å². The molecule has 4 unspecified atom stereocenters. The molecule has 3 aromatic carbocycles. The van der Waals surface area contributed by atoms with E-state index in [0.29, 0.717) is 49.4 Å². The van der Waals surface area contributed by atoms with E-state index in [-0.39, 0.29) is 39.6 Å². The zero-order valence-corrected chi connectivity index (χ0v) is 38.9. The molecule has 64 heavy (non-hydrogen) atoms. The van der Waals surface area contributed by atoms with Gasteiger partial charge in [-0.05, 0) is 82.6 Å². The Balaban J connectivity index is 2.23. The Labute approximate surface area is 379 Å². The molecule has 350 valence electrons. The molecule has 3 rings (SSSR count). The first-order chi connectivity index (χ1) is 30.5. The first-order valence-corrected chi connectivity index (χ1v) is 22.2. The van der Waals surface area contributed by atoms with Crippen LogP contribution in [0.2, 0.25) is 0 Å². The van der Waals surface area contributed by atoms with Crippen molar-refractivity contribution in [3.05, 3.63) is 125 Å². The largest absolute Gasteiger partial charge is 0.490 e. The highest BCUT2D eigenvalue weighted by molar-refractivity contribution is 5.81. The van der Waals surface area contributed by atoms with Crippen molar-refractivity contribution >= 4 is 17.9 Å². The summed E-state index contributed by atoms with van der Waals surface area (Å²) < 4.78 is 34.6. The number of benzene rings is 3. The van der Waals surface area contributed by atoms with Gasteiger partial charge in [0.15, 0.2) is 0 Å². The van der Waals surface area contributed by atoms with Crippen molar-refractivity contribution in [1.29, 1.82) is 0 Å². The highest BCUT2D eigenvalue weighted by atomic mass is 16.6. The molecule has 0 bridgehead atoms. The maximum absolute atomic E-state index is 11.9. The van der Waals surface area contributed by atoms with E-state index in [9.17, 15) is 29.7 Å². The zero-order valence-electron chi connectivity index (χ0n) is 38.9. The maximum atomic E-state index is 11.9. The van der Waals surface area contributed by atoms with Gasteiger partial charge in [-0.15, -0.1) is 0 Å². The van der Waals surface area contributed by atoms with Crippen LogP contribution in [0, 0.1) is 20.8 Å². The van der Waals surface area contributed by atoms with Crippen LogP contribution in [0.15, 0.2) is 86.5 Å². The predicted octanol–water partition coefficient (Wildman–Crippen LogP) is 8.01.